The molecule has 0 aliphatic rings. The van der Waals surface area contributed by atoms with Crippen LogP contribution < -0.4 is 10.6 Å². The number of rotatable bonds is 3. The van der Waals surface area contributed by atoms with Crippen molar-refractivity contribution in [3.05, 3.63) is 59.9 Å². The van der Waals surface area contributed by atoms with Crippen LogP contribution >= 0.6 is 0 Å². The number of anilines is 2. The third-order valence-corrected chi connectivity index (χ3v) is 2.73. The zero-order chi connectivity index (χ0) is 12.3. The first kappa shape index (κ1) is 11.5. The minimum Gasteiger partial charge on any atom is -0.398 e. The molecule has 0 aliphatic carbocycles. The molecule has 0 aromatic heterocycles. The molecule has 3 heteroatoms. The monoisotopic (exact) mass is 230 g/mol. The first-order valence-corrected chi connectivity index (χ1v) is 5.47. The molecule has 0 saturated carbocycles. The first-order valence-electron chi connectivity index (χ1n) is 5.47. The molecule has 0 bridgehead atoms. The largest absolute Gasteiger partial charge is 0.398 e. The Morgan fingerprint density at radius 2 is 1.71 bits per heavy atom. The predicted octanol–water partition coefficient (Wildman–Crippen LogP) is 3.04. The van der Waals surface area contributed by atoms with Crippen LogP contribution in [0.5, 0.6) is 0 Å². The molecule has 17 heavy (non-hydrogen) atoms. The molecular weight excluding hydrogens is 215 g/mol. The highest BCUT2D eigenvalue weighted by atomic mass is 19.1. The standard InChI is InChI=1S/C14H15FN2/c1-17(13-8-6-12(15)7-9-13)10-11-4-2-3-5-14(11)16/h2-9H,10,16H2,1H3. The highest BCUT2D eigenvalue weighted by Crippen LogP contribution is 2.18. The van der Waals surface area contributed by atoms with E-state index >= 15 is 0 Å². The molecule has 0 spiro atoms. The summed E-state index contributed by atoms with van der Waals surface area (Å²) in [4.78, 5) is 2.03. The second-order valence-corrected chi connectivity index (χ2v) is 4.03. The normalized spacial score (nSPS) is 10.2. The van der Waals surface area contributed by atoms with E-state index in [1.54, 1.807) is 12.1 Å². The molecule has 2 aromatic carbocycles. The van der Waals surface area contributed by atoms with E-state index in [9.17, 15) is 4.39 Å². The highest BCUT2D eigenvalue weighted by Gasteiger charge is 2.04. The van der Waals surface area contributed by atoms with E-state index in [0.717, 1.165) is 16.9 Å². The highest BCUT2D eigenvalue weighted by molar-refractivity contribution is 5.51. The Morgan fingerprint density at radius 1 is 1.06 bits per heavy atom. The zero-order valence-electron chi connectivity index (χ0n) is 9.73. The van der Waals surface area contributed by atoms with Gasteiger partial charge < -0.3 is 10.6 Å². The SMILES string of the molecule is CN(Cc1ccccc1N)c1ccc(F)cc1. The first-order chi connectivity index (χ1) is 8.16. The maximum absolute atomic E-state index is 12.8. The van der Waals surface area contributed by atoms with Crippen molar-refractivity contribution in [2.75, 3.05) is 17.7 Å². The third-order valence-electron chi connectivity index (χ3n) is 2.73. The van der Waals surface area contributed by atoms with Gasteiger partial charge in [-0.15, -0.1) is 0 Å². The summed E-state index contributed by atoms with van der Waals surface area (Å²) in [6.45, 7) is 0.707. The van der Waals surface area contributed by atoms with Gasteiger partial charge >= 0.3 is 0 Å². The van der Waals surface area contributed by atoms with Crippen molar-refractivity contribution in [2.45, 2.75) is 6.54 Å². The van der Waals surface area contributed by atoms with Gasteiger partial charge in [0.05, 0.1) is 0 Å². The summed E-state index contributed by atoms with van der Waals surface area (Å²) in [5.41, 5.74) is 8.70. The lowest BCUT2D eigenvalue weighted by Gasteiger charge is -2.20. The number of nitrogens with zero attached hydrogens (tertiary/aromatic N) is 1. The van der Waals surface area contributed by atoms with Crippen molar-refractivity contribution in [1.29, 1.82) is 0 Å². The molecule has 2 nitrogen and oxygen atoms in total. The van der Waals surface area contributed by atoms with Crippen molar-refractivity contribution in [2.24, 2.45) is 0 Å². The Hall–Kier alpha value is -2.03. The van der Waals surface area contributed by atoms with Gasteiger partial charge in [0.1, 0.15) is 5.82 Å². The summed E-state index contributed by atoms with van der Waals surface area (Å²) in [5, 5.41) is 0. The second kappa shape index (κ2) is 4.87. The molecule has 0 atom stereocenters. The second-order valence-electron chi connectivity index (χ2n) is 4.03. The van der Waals surface area contributed by atoms with Crippen molar-refractivity contribution in [3.63, 3.8) is 0 Å². The Kier molecular flexibility index (Phi) is 3.28. The van der Waals surface area contributed by atoms with Gasteiger partial charge in [-0.25, -0.2) is 4.39 Å². The van der Waals surface area contributed by atoms with Gasteiger partial charge in [-0.05, 0) is 35.9 Å². The van der Waals surface area contributed by atoms with Crippen LogP contribution in [-0.2, 0) is 6.54 Å². The summed E-state index contributed by atoms with van der Waals surface area (Å²) in [6, 6.07) is 14.2. The molecule has 0 fully saturated rings. The molecule has 0 heterocycles. The van der Waals surface area contributed by atoms with E-state index in [4.69, 9.17) is 5.73 Å². The zero-order valence-corrected chi connectivity index (χ0v) is 9.73. The summed E-state index contributed by atoms with van der Waals surface area (Å²) in [6.07, 6.45) is 0. The quantitative estimate of drug-likeness (QED) is 0.821. The molecule has 0 unspecified atom stereocenters. The maximum Gasteiger partial charge on any atom is 0.123 e. The summed E-state index contributed by atoms with van der Waals surface area (Å²) < 4.78 is 12.8. The number of nitrogen functional groups attached to an aromatic ring is 1. The van der Waals surface area contributed by atoms with Gasteiger partial charge in [0.25, 0.3) is 0 Å². The lowest BCUT2D eigenvalue weighted by molar-refractivity contribution is 0.627. The number of nitrogens with two attached hydrogens (primary N) is 1. The fourth-order valence-corrected chi connectivity index (χ4v) is 1.72. The maximum atomic E-state index is 12.8. The van der Waals surface area contributed by atoms with Gasteiger partial charge in [0, 0.05) is 25.0 Å². The predicted molar refractivity (Wildman–Crippen MR) is 69.4 cm³/mol. The van der Waals surface area contributed by atoms with E-state index in [1.807, 2.05) is 36.2 Å². The van der Waals surface area contributed by atoms with Gasteiger partial charge in [-0.3, -0.25) is 0 Å². The molecule has 0 saturated heterocycles. The average Bonchev–Trinajstić information content (AvgIpc) is 2.33. The van der Waals surface area contributed by atoms with Crippen LogP contribution in [0.1, 0.15) is 5.56 Å². The molecule has 2 N–H and O–H groups in total. The van der Waals surface area contributed by atoms with Gasteiger partial charge in [-0.1, -0.05) is 18.2 Å². The lowest BCUT2D eigenvalue weighted by Crippen LogP contribution is -2.17. The van der Waals surface area contributed by atoms with Crippen molar-refractivity contribution < 1.29 is 4.39 Å². The number of para-hydroxylation sites is 1. The number of halogens is 1. The van der Waals surface area contributed by atoms with Crippen LogP contribution in [0.25, 0.3) is 0 Å². The van der Waals surface area contributed by atoms with Crippen molar-refractivity contribution in [3.8, 4) is 0 Å². The van der Waals surface area contributed by atoms with Crippen LogP contribution in [0.15, 0.2) is 48.5 Å². The Balaban J connectivity index is 2.14. The summed E-state index contributed by atoms with van der Waals surface area (Å²) >= 11 is 0. The van der Waals surface area contributed by atoms with Crippen LogP contribution in [0.4, 0.5) is 15.8 Å². The minimum absolute atomic E-state index is 0.221. The number of hydrogen-bond donors (Lipinski definition) is 1. The Labute approximate surface area is 100 Å². The van der Waals surface area contributed by atoms with E-state index in [2.05, 4.69) is 0 Å². The molecule has 88 valence electrons. The molecule has 2 rings (SSSR count). The molecule has 0 amide bonds. The van der Waals surface area contributed by atoms with E-state index < -0.39 is 0 Å². The van der Waals surface area contributed by atoms with Crippen LogP contribution in [0.3, 0.4) is 0 Å². The van der Waals surface area contributed by atoms with E-state index in [0.29, 0.717) is 6.54 Å². The third kappa shape index (κ3) is 2.75. The topological polar surface area (TPSA) is 29.3 Å². The van der Waals surface area contributed by atoms with Crippen LogP contribution in [0, 0.1) is 5.82 Å². The van der Waals surface area contributed by atoms with Crippen LogP contribution in [-0.4, -0.2) is 7.05 Å². The molecular formula is C14H15FN2. The Bertz CT molecular complexity index is 494. The fraction of sp³-hybridized carbons (Fsp3) is 0.143. The van der Waals surface area contributed by atoms with Crippen LogP contribution in [0.2, 0.25) is 0 Å². The average molecular weight is 230 g/mol. The molecule has 0 aliphatic heterocycles. The molecule has 2 aromatic rings. The number of benzene rings is 2. The van der Waals surface area contributed by atoms with Gasteiger partial charge in [0.2, 0.25) is 0 Å². The summed E-state index contributed by atoms with van der Waals surface area (Å²) in [5.74, 6) is -0.221. The number of hydrogen-bond acceptors (Lipinski definition) is 2. The van der Waals surface area contributed by atoms with Crippen molar-refractivity contribution >= 4 is 11.4 Å². The van der Waals surface area contributed by atoms with E-state index in [1.165, 1.54) is 12.1 Å². The van der Waals surface area contributed by atoms with Gasteiger partial charge in [-0.2, -0.15) is 0 Å². The van der Waals surface area contributed by atoms with Gasteiger partial charge in [0.15, 0.2) is 0 Å². The van der Waals surface area contributed by atoms with E-state index in [-0.39, 0.29) is 5.82 Å². The fourth-order valence-electron chi connectivity index (χ4n) is 1.72. The smallest absolute Gasteiger partial charge is 0.123 e. The Morgan fingerprint density at radius 3 is 2.35 bits per heavy atom. The van der Waals surface area contributed by atoms with Crippen molar-refractivity contribution in [1.82, 2.24) is 0 Å². The molecule has 0 radical (unpaired) electrons. The minimum atomic E-state index is -0.221. The summed E-state index contributed by atoms with van der Waals surface area (Å²) in [7, 11) is 1.96. The lowest BCUT2D eigenvalue weighted by atomic mass is 10.1.